The van der Waals surface area contributed by atoms with Crippen molar-refractivity contribution < 1.29 is 4.79 Å². The van der Waals surface area contributed by atoms with Crippen LogP contribution in [0.5, 0.6) is 0 Å². The smallest absolute Gasteiger partial charge is 0.233 e. The normalized spacial score (nSPS) is 14.7. The summed E-state index contributed by atoms with van der Waals surface area (Å²) in [6.07, 6.45) is 3.54. The van der Waals surface area contributed by atoms with Crippen LogP contribution < -0.4 is 10.6 Å². The maximum absolute atomic E-state index is 12.5. The van der Waals surface area contributed by atoms with E-state index in [-0.39, 0.29) is 5.91 Å². The lowest BCUT2D eigenvalue weighted by molar-refractivity contribution is -0.118. The number of benzene rings is 1. The summed E-state index contributed by atoms with van der Waals surface area (Å²) in [5.41, 5.74) is 8.69. The summed E-state index contributed by atoms with van der Waals surface area (Å²) in [7, 11) is 0. The van der Waals surface area contributed by atoms with E-state index in [2.05, 4.69) is 11.1 Å². The molecule has 20 heavy (non-hydrogen) atoms. The molecule has 1 amide bonds. The number of nitrogen functional groups attached to an aromatic ring is 1. The number of anilines is 2. The Morgan fingerprint density at radius 1 is 1.35 bits per heavy atom. The van der Waals surface area contributed by atoms with Crippen LogP contribution in [0.2, 0.25) is 0 Å². The van der Waals surface area contributed by atoms with Gasteiger partial charge < -0.3 is 10.6 Å². The topological polar surface area (TPSA) is 59.2 Å². The molecule has 2 heterocycles. The van der Waals surface area contributed by atoms with E-state index >= 15 is 0 Å². The fraction of sp³-hybridized carbons (Fsp3) is 0.333. The number of rotatable bonds is 2. The third-order valence-electron chi connectivity index (χ3n) is 3.56. The van der Waals surface area contributed by atoms with Gasteiger partial charge in [0.25, 0.3) is 0 Å². The lowest BCUT2D eigenvalue weighted by atomic mass is 10.1. The molecule has 1 aromatic heterocycles. The fourth-order valence-corrected chi connectivity index (χ4v) is 3.17. The van der Waals surface area contributed by atoms with Crippen LogP contribution in [0.4, 0.5) is 10.8 Å². The summed E-state index contributed by atoms with van der Waals surface area (Å²) in [6.45, 7) is 0.787. The molecule has 1 aliphatic rings. The second kappa shape index (κ2) is 5.63. The largest absolute Gasteiger partial charge is 0.375 e. The number of hydrogen-bond acceptors (Lipinski definition) is 4. The maximum atomic E-state index is 12.5. The van der Waals surface area contributed by atoms with Crippen LogP contribution in [0.15, 0.2) is 29.6 Å². The van der Waals surface area contributed by atoms with E-state index in [1.165, 1.54) is 16.9 Å². The summed E-state index contributed by atoms with van der Waals surface area (Å²) in [5.74, 6) is 0.102. The minimum Gasteiger partial charge on any atom is -0.375 e. The van der Waals surface area contributed by atoms with Gasteiger partial charge in [0.15, 0.2) is 5.13 Å². The minimum absolute atomic E-state index is 0.102. The number of hydrogen-bond donors (Lipinski definition) is 1. The zero-order chi connectivity index (χ0) is 13.9. The number of nitrogens with two attached hydrogens (primary N) is 1. The van der Waals surface area contributed by atoms with Gasteiger partial charge in [0.2, 0.25) is 5.91 Å². The van der Waals surface area contributed by atoms with Gasteiger partial charge in [0, 0.05) is 17.6 Å². The van der Waals surface area contributed by atoms with Crippen LogP contribution >= 0.6 is 11.3 Å². The van der Waals surface area contributed by atoms with E-state index in [9.17, 15) is 4.79 Å². The molecule has 1 aromatic carbocycles. The Bertz CT molecular complexity index is 623. The number of aryl methyl sites for hydroxylation is 1. The van der Waals surface area contributed by atoms with Crippen molar-refractivity contribution in [3.05, 3.63) is 40.9 Å². The van der Waals surface area contributed by atoms with Crippen molar-refractivity contribution in [2.45, 2.75) is 25.7 Å². The van der Waals surface area contributed by atoms with Gasteiger partial charge in [-0.25, -0.2) is 4.98 Å². The molecular formula is C15H17N3OS. The van der Waals surface area contributed by atoms with Crippen molar-refractivity contribution in [2.75, 3.05) is 17.2 Å². The molecule has 2 aromatic rings. The molecule has 0 saturated heterocycles. The second-order valence-electron chi connectivity index (χ2n) is 4.99. The predicted octanol–water partition coefficient (Wildman–Crippen LogP) is 2.64. The summed E-state index contributed by atoms with van der Waals surface area (Å²) >= 11 is 1.38. The highest BCUT2D eigenvalue weighted by Gasteiger charge is 2.21. The van der Waals surface area contributed by atoms with Crippen molar-refractivity contribution in [1.29, 1.82) is 0 Å². The molecule has 2 N–H and O–H groups in total. The zero-order valence-electron chi connectivity index (χ0n) is 11.2. The number of thiazole rings is 1. The summed E-state index contributed by atoms with van der Waals surface area (Å²) in [4.78, 5) is 18.6. The number of nitrogens with zero attached hydrogens (tertiary/aromatic N) is 2. The first-order valence-electron chi connectivity index (χ1n) is 6.82. The molecule has 5 heteroatoms. The molecule has 0 aliphatic carbocycles. The molecule has 0 saturated carbocycles. The Hall–Kier alpha value is -1.88. The maximum Gasteiger partial charge on any atom is 0.233 e. The number of aromatic nitrogens is 1. The number of para-hydroxylation sites is 1. The Balaban J connectivity index is 1.83. The van der Waals surface area contributed by atoms with Crippen LogP contribution in [0.1, 0.15) is 24.1 Å². The van der Waals surface area contributed by atoms with Gasteiger partial charge in [-0.3, -0.25) is 4.79 Å². The molecule has 0 spiro atoms. The van der Waals surface area contributed by atoms with E-state index in [4.69, 9.17) is 5.73 Å². The van der Waals surface area contributed by atoms with Crippen LogP contribution in [-0.2, 0) is 17.6 Å². The molecule has 4 nitrogen and oxygen atoms in total. The molecule has 3 rings (SSSR count). The van der Waals surface area contributed by atoms with Gasteiger partial charge in [-0.1, -0.05) is 18.2 Å². The molecule has 0 bridgehead atoms. The summed E-state index contributed by atoms with van der Waals surface area (Å²) in [5, 5.41) is 2.38. The molecule has 0 radical (unpaired) electrons. The van der Waals surface area contributed by atoms with E-state index in [1.54, 1.807) is 0 Å². The lowest BCUT2D eigenvalue weighted by Crippen LogP contribution is -2.33. The van der Waals surface area contributed by atoms with Crippen LogP contribution in [0, 0.1) is 0 Å². The zero-order valence-corrected chi connectivity index (χ0v) is 12.0. The van der Waals surface area contributed by atoms with Gasteiger partial charge in [-0.15, -0.1) is 11.3 Å². The minimum atomic E-state index is 0.102. The predicted molar refractivity (Wildman–Crippen MR) is 82.0 cm³/mol. The highest BCUT2D eigenvalue weighted by Crippen LogP contribution is 2.26. The van der Waals surface area contributed by atoms with Gasteiger partial charge >= 0.3 is 0 Å². The quantitative estimate of drug-likeness (QED) is 0.923. The van der Waals surface area contributed by atoms with Gasteiger partial charge in [-0.05, 0) is 30.9 Å². The van der Waals surface area contributed by atoms with Crippen LogP contribution in [0.3, 0.4) is 0 Å². The van der Waals surface area contributed by atoms with Crippen molar-refractivity contribution >= 4 is 28.1 Å². The van der Waals surface area contributed by atoms with Gasteiger partial charge in [0.05, 0.1) is 12.1 Å². The lowest BCUT2D eigenvalue weighted by Gasteiger charge is -2.22. The van der Waals surface area contributed by atoms with E-state index < -0.39 is 0 Å². The van der Waals surface area contributed by atoms with E-state index in [1.807, 2.05) is 28.5 Å². The Labute approximate surface area is 122 Å². The second-order valence-corrected chi connectivity index (χ2v) is 5.87. The standard InChI is InChI=1S/C15H17N3OS/c16-15-17-12(10-20-15)9-14(19)18-8-4-3-6-11-5-1-2-7-13(11)18/h1-2,5,7,10H,3-4,6,8-9H2,(H2,16,17). The third-order valence-corrected chi connectivity index (χ3v) is 4.29. The van der Waals surface area contributed by atoms with Crippen molar-refractivity contribution in [3.63, 3.8) is 0 Å². The molecule has 0 atom stereocenters. The first-order valence-corrected chi connectivity index (χ1v) is 7.70. The first-order chi connectivity index (χ1) is 9.74. The molecule has 0 unspecified atom stereocenters. The number of amides is 1. The Morgan fingerprint density at radius 3 is 3.00 bits per heavy atom. The van der Waals surface area contributed by atoms with Crippen molar-refractivity contribution in [3.8, 4) is 0 Å². The van der Waals surface area contributed by atoms with Gasteiger partial charge in [-0.2, -0.15) is 0 Å². The molecular weight excluding hydrogens is 270 g/mol. The van der Waals surface area contributed by atoms with E-state index in [0.717, 1.165) is 37.2 Å². The number of fused-ring (bicyclic) bond motifs is 1. The number of carbonyl (C=O) groups excluding carboxylic acids is 1. The van der Waals surface area contributed by atoms with Crippen LogP contribution in [0.25, 0.3) is 0 Å². The molecule has 1 aliphatic heterocycles. The van der Waals surface area contributed by atoms with Crippen molar-refractivity contribution in [1.82, 2.24) is 4.98 Å². The third kappa shape index (κ3) is 2.67. The van der Waals surface area contributed by atoms with E-state index in [0.29, 0.717) is 11.6 Å². The molecule has 0 fully saturated rings. The van der Waals surface area contributed by atoms with Gasteiger partial charge in [0.1, 0.15) is 0 Å². The summed E-state index contributed by atoms with van der Waals surface area (Å²) in [6, 6.07) is 8.18. The Kier molecular flexibility index (Phi) is 3.69. The highest BCUT2D eigenvalue weighted by atomic mass is 32.1. The average Bonchev–Trinajstić information content (AvgIpc) is 2.74. The SMILES string of the molecule is Nc1nc(CC(=O)N2CCCCc3ccccc32)cs1. The Morgan fingerprint density at radius 2 is 2.20 bits per heavy atom. The van der Waals surface area contributed by atoms with Crippen LogP contribution in [-0.4, -0.2) is 17.4 Å². The summed E-state index contributed by atoms with van der Waals surface area (Å²) < 4.78 is 0. The number of carbonyl (C=O) groups is 1. The average molecular weight is 287 g/mol. The first kappa shape index (κ1) is 13.1. The van der Waals surface area contributed by atoms with Crippen molar-refractivity contribution in [2.24, 2.45) is 0 Å². The fourth-order valence-electron chi connectivity index (χ4n) is 2.60. The molecule has 104 valence electrons. The highest BCUT2D eigenvalue weighted by molar-refractivity contribution is 7.13. The monoisotopic (exact) mass is 287 g/mol.